The van der Waals surface area contributed by atoms with E-state index in [1.165, 1.54) is 0 Å². The quantitative estimate of drug-likeness (QED) is 0.504. The van der Waals surface area contributed by atoms with Gasteiger partial charge in [0.25, 0.3) is 0 Å². The van der Waals surface area contributed by atoms with E-state index in [0.717, 1.165) is 33.9 Å². The van der Waals surface area contributed by atoms with Gasteiger partial charge in [-0.2, -0.15) is 4.98 Å². The van der Waals surface area contributed by atoms with Gasteiger partial charge >= 0.3 is 0 Å². The van der Waals surface area contributed by atoms with Crippen molar-refractivity contribution < 1.29 is 9.47 Å². The first-order valence-electron chi connectivity index (χ1n) is 9.53. The van der Waals surface area contributed by atoms with Gasteiger partial charge in [-0.1, -0.05) is 18.2 Å². The van der Waals surface area contributed by atoms with E-state index < -0.39 is 0 Å². The van der Waals surface area contributed by atoms with Crippen LogP contribution in [-0.4, -0.2) is 38.5 Å². The molecule has 0 fully saturated rings. The van der Waals surface area contributed by atoms with E-state index in [0.29, 0.717) is 18.4 Å². The van der Waals surface area contributed by atoms with E-state index in [2.05, 4.69) is 20.4 Å². The molecule has 0 bridgehead atoms. The molecule has 154 valence electrons. The first-order chi connectivity index (χ1) is 14.6. The Hall–Kier alpha value is -3.65. The summed E-state index contributed by atoms with van der Waals surface area (Å²) in [6.07, 6.45) is 3.72. The lowest BCUT2D eigenvalue weighted by molar-refractivity contribution is 0.185. The lowest BCUT2D eigenvalue weighted by Gasteiger charge is -2.10. The molecule has 8 nitrogen and oxygen atoms in total. The zero-order valence-electron chi connectivity index (χ0n) is 17.5. The van der Waals surface area contributed by atoms with Gasteiger partial charge in [0.15, 0.2) is 5.82 Å². The summed E-state index contributed by atoms with van der Waals surface area (Å²) in [7, 11) is 5.19. The van der Waals surface area contributed by atoms with Crippen LogP contribution in [0.1, 0.15) is 11.3 Å². The number of aryl methyl sites for hydroxylation is 2. The number of hydrogen-bond donors (Lipinski definition) is 1. The highest BCUT2D eigenvalue weighted by atomic mass is 16.5. The summed E-state index contributed by atoms with van der Waals surface area (Å²) in [5.74, 6) is 1.97. The normalized spacial score (nSPS) is 10.9. The summed E-state index contributed by atoms with van der Waals surface area (Å²) in [6.45, 7) is 2.47. The highest BCUT2D eigenvalue weighted by molar-refractivity contribution is 5.65. The molecule has 0 aliphatic carbocycles. The van der Waals surface area contributed by atoms with Crippen molar-refractivity contribution in [2.45, 2.75) is 13.5 Å². The third kappa shape index (κ3) is 3.90. The van der Waals surface area contributed by atoms with Crippen molar-refractivity contribution in [2.75, 3.05) is 19.5 Å². The van der Waals surface area contributed by atoms with Crippen LogP contribution in [0.3, 0.4) is 0 Å². The highest BCUT2D eigenvalue weighted by Gasteiger charge is 2.14. The molecular weight excluding hydrogens is 380 g/mol. The Morgan fingerprint density at radius 3 is 2.67 bits per heavy atom. The molecule has 0 spiro atoms. The Morgan fingerprint density at radius 2 is 1.93 bits per heavy atom. The Bertz CT molecular complexity index is 1160. The fraction of sp³-hybridized carbons (Fsp3) is 0.227. The summed E-state index contributed by atoms with van der Waals surface area (Å²) < 4.78 is 14.5. The van der Waals surface area contributed by atoms with Crippen molar-refractivity contribution >= 4 is 11.6 Å². The zero-order chi connectivity index (χ0) is 21.1. The Labute approximate surface area is 175 Å². The van der Waals surface area contributed by atoms with Gasteiger partial charge in [-0.25, -0.2) is 9.67 Å². The molecule has 4 rings (SSSR count). The molecule has 8 heteroatoms. The summed E-state index contributed by atoms with van der Waals surface area (Å²) >= 11 is 0. The number of aromatic nitrogens is 5. The Kier molecular flexibility index (Phi) is 5.49. The number of benzene rings is 2. The molecule has 0 saturated carbocycles. The molecule has 0 atom stereocenters. The van der Waals surface area contributed by atoms with Crippen LogP contribution >= 0.6 is 0 Å². The predicted molar refractivity (Wildman–Crippen MR) is 115 cm³/mol. The van der Waals surface area contributed by atoms with Crippen molar-refractivity contribution in [3.63, 3.8) is 0 Å². The third-order valence-electron chi connectivity index (χ3n) is 4.75. The second kappa shape index (κ2) is 8.38. The van der Waals surface area contributed by atoms with Crippen LogP contribution in [0.15, 0.2) is 55.0 Å². The molecule has 1 N–H and O–H groups in total. The smallest absolute Gasteiger partial charge is 0.225 e. The summed E-state index contributed by atoms with van der Waals surface area (Å²) in [6, 6.07) is 13.9. The minimum atomic E-state index is 0.514. The second-order valence-corrected chi connectivity index (χ2v) is 6.91. The third-order valence-corrected chi connectivity index (χ3v) is 4.75. The van der Waals surface area contributed by atoms with E-state index in [4.69, 9.17) is 9.47 Å². The molecule has 30 heavy (non-hydrogen) atoms. The van der Waals surface area contributed by atoms with E-state index in [1.54, 1.807) is 25.2 Å². The van der Waals surface area contributed by atoms with Gasteiger partial charge in [-0.15, -0.1) is 5.10 Å². The van der Waals surface area contributed by atoms with Crippen molar-refractivity contribution in [3.05, 3.63) is 66.2 Å². The van der Waals surface area contributed by atoms with Crippen LogP contribution in [0.25, 0.3) is 17.1 Å². The van der Waals surface area contributed by atoms with Crippen LogP contribution in [-0.2, 0) is 18.4 Å². The van der Waals surface area contributed by atoms with Crippen molar-refractivity contribution in [3.8, 4) is 22.8 Å². The largest absolute Gasteiger partial charge is 0.495 e. The summed E-state index contributed by atoms with van der Waals surface area (Å²) in [4.78, 5) is 8.97. The Morgan fingerprint density at radius 1 is 1.10 bits per heavy atom. The van der Waals surface area contributed by atoms with Gasteiger partial charge in [-0.3, -0.25) is 0 Å². The van der Waals surface area contributed by atoms with Crippen molar-refractivity contribution in [1.29, 1.82) is 0 Å². The molecule has 0 saturated heterocycles. The molecule has 2 aromatic carbocycles. The molecule has 0 amide bonds. The van der Waals surface area contributed by atoms with Crippen molar-refractivity contribution in [1.82, 2.24) is 24.3 Å². The fourth-order valence-corrected chi connectivity index (χ4v) is 3.24. The SMILES string of the molecule is COCc1ccccc1Nc1nc(-c2ccc(-n3cnc(C)c3)c(OC)c2)nn1C. The monoisotopic (exact) mass is 404 g/mol. The Balaban J connectivity index is 1.65. The van der Waals surface area contributed by atoms with Crippen LogP contribution in [0.2, 0.25) is 0 Å². The van der Waals surface area contributed by atoms with Gasteiger partial charge in [0.2, 0.25) is 5.95 Å². The minimum absolute atomic E-state index is 0.514. The molecule has 0 aliphatic heterocycles. The fourth-order valence-electron chi connectivity index (χ4n) is 3.24. The molecule has 0 radical (unpaired) electrons. The molecule has 0 unspecified atom stereocenters. The number of rotatable bonds is 7. The molecule has 0 aliphatic rings. The average Bonchev–Trinajstić information content (AvgIpc) is 3.35. The van der Waals surface area contributed by atoms with Gasteiger partial charge in [0, 0.05) is 37.2 Å². The number of imidazole rings is 1. The maximum atomic E-state index is 5.61. The first kappa shape index (κ1) is 19.7. The van der Waals surface area contributed by atoms with E-state index in [9.17, 15) is 0 Å². The topological polar surface area (TPSA) is 79.0 Å². The van der Waals surface area contributed by atoms with Crippen LogP contribution < -0.4 is 10.1 Å². The standard InChI is InChI=1S/C22H24N6O2/c1-15-12-28(14-23-15)19-10-9-16(11-20(19)30-4)21-25-22(27(2)26-21)24-18-8-6-5-7-17(18)13-29-3/h5-12,14H,13H2,1-4H3,(H,24,25,26). The molecule has 2 heterocycles. The number of hydrogen-bond acceptors (Lipinski definition) is 6. The van der Waals surface area contributed by atoms with Gasteiger partial charge in [0.05, 0.1) is 31.4 Å². The number of para-hydroxylation sites is 1. The number of anilines is 2. The first-order valence-corrected chi connectivity index (χ1v) is 9.53. The van der Waals surface area contributed by atoms with E-state index in [-0.39, 0.29) is 0 Å². The number of nitrogens with one attached hydrogen (secondary N) is 1. The zero-order valence-corrected chi connectivity index (χ0v) is 17.5. The van der Waals surface area contributed by atoms with Gasteiger partial charge in [0.1, 0.15) is 5.75 Å². The van der Waals surface area contributed by atoms with Gasteiger partial charge < -0.3 is 19.4 Å². The number of methoxy groups -OCH3 is 2. The average molecular weight is 404 g/mol. The molecular formula is C22H24N6O2. The summed E-state index contributed by atoms with van der Waals surface area (Å²) in [5, 5.41) is 7.92. The predicted octanol–water partition coefficient (Wildman–Crippen LogP) is 3.87. The van der Waals surface area contributed by atoms with Gasteiger partial charge in [-0.05, 0) is 31.2 Å². The lowest BCUT2D eigenvalue weighted by Crippen LogP contribution is -2.03. The lowest BCUT2D eigenvalue weighted by atomic mass is 10.1. The highest BCUT2D eigenvalue weighted by Crippen LogP contribution is 2.29. The number of ether oxygens (including phenoxy) is 2. The maximum absolute atomic E-state index is 5.61. The molecule has 2 aromatic heterocycles. The summed E-state index contributed by atoms with van der Waals surface area (Å²) in [5.41, 5.74) is 4.69. The van der Waals surface area contributed by atoms with E-state index >= 15 is 0 Å². The number of nitrogens with zero attached hydrogens (tertiary/aromatic N) is 5. The van der Waals surface area contributed by atoms with Crippen LogP contribution in [0.4, 0.5) is 11.6 Å². The van der Waals surface area contributed by atoms with Crippen molar-refractivity contribution in [2.24, 2.45) is 7.05 Å². The van der Waals surface area contributed by atoms with Crippen LogP contribution in [0.5, 0.6) is 5.75 Å². The second-order valence-electron chi connectivity index (χ2n) is 6.91. The van der Waals surface area contributed by atoms with E-state index in [1.807, 2.05) is 67.2 Å². The maximum Gasteiger partial charge on any atom is 0.225 e. The van der Waals surface area contributed by atoms with Crippen LogP contribution in [0, 0.1) is 6.92 Å². The molecule has 4 aromatic rings. The minimum Gasteiger partial charge on any atom is -0.495 e.